The van der Waals surface area contributed by atoms with Gasteiger partial charge in [0.1, 0.15) is 31.3 Å². The lowest BCUT2D eigenvalue weighted by atomic mass is 9.95. The molecular formula is C33H36N2O6. The Morgan fingerprint density at radius 1 is 0.951 bits per heavy atom. The zero-order valence-corrected chi connectivity index (χ0v) is 23.5. The smallest absolute Gasteiger partial charge is 0.295 e. The van der Waals surface area contributed by atoms with Gasteiger partial charge in [0.2, 0.25) is 0 Å². The summed E-state index contributed by atoms with van der Waals surface area (Å²) >= 11 is 0. The molecule has 0 saturated carbocycles. The van der Waals surface area contributed by atoms with Crippen LogP contribution < -0.4 is 14.2 Å². The summed E-state index contributed by atoms with van der Waals surface area (Å²) in [5.74, 6) is 0.0998. The number of likely N-dealkylation sites (tertiary alicyclic amines) is 1. The standard InChI is InChI=1S/C33H36N2O6/c1-3-34(4-2)16-9-17-35-30(24-12-8-13-26(20-24)41-22-23-10-6-5-7-11-23)29(32(37)33(35)38)31(36)25-14-15-27-28(21-25)40-19-18-39-27/h5-8,10-15,20-21,30,36H,3-4,9,16-19,22H2,1-2H3/b31-29+/t30-/m0/s1. The second-order valence-electron chi connectivity index (χ2n) is 10.1. The van der Waals surface area contributed by atoms with Crippen LogP contribution in [0.3, 0.4) is 0 Å². The second-order valence-corrected chi connectivity index (χ2v) is 10.1. The number of benzene rings is 3. The Morgan fingerprint density at radius 3 is 2.46 bits per heavy atom. The summed E-state index contributed by atoms with van der Waals surface area (Å²) in [4.78, 5) is 30.8. The number of carbonyl (C=O) groups is 2. The van der Waals surface area contributed by atoms with Gasteiger partial charge in [-0.1, -0.05) is 56.3 Å². The number of aliphatic hydroxyl groups is 1. The third-order valence-electron chi connectivity index (χ3n) is 7.55. The van der Waals surface area contributed by atoms with Crippen molar-refractivity contribution in [1.29, 1.82) is 0 Å². The molecule has 1 fully saturated rings. The van der Waals surface area contributed by atoms with E-state index < -0.39 is 17.7 Å². The Morgan fingerprint density at radius 2 is 1.71 bits per heavy atom. The molecule has 2 aliphatic heterocycles. The number of ketones is 1. The van der Waals surface area contributed by atoms with Gasteiger partial charge in [0.05, 0.1) is 11.6 Å². The molecule has 0 unspecified atom stereocenters. The highest BCUT2D eigenvalue weighted by molar-refractivity contribution is 6.46. The monoisotopic (exact) mass is 556 g/mol. The number of ether oxygens (including phenoxy) is 3. The van der Waals surface area contributed by atoms with E-state index in [4.69, 9.17) is 14.2 Å². The second kappa shape index (κ2) is 12.9. The van der Waals surface area contributed by atoms with Crippen molar-refractivity contribution in [2.24, 2.45) is 0 Å². The molecule has 3 aromatic carbocycles. The van der Waals surface area contributed by atoms with Crippen LogP contribution in [-0.2, 0) is 16.2 Å². The van der Waals surface area contributed by atoms with Crippen molar-refractivity contribution < 1.29 is 28.9 Å². The Labute approximate surface area is 240 Å². The Bertz CT molecular complexity index is 1420. The van der Waals surface area contributed by atoms with E-state index in [1.165, 1.54) is 0 Å². The van der Waals surface area contributed by atoms with Gasteiger partial charge in [-0.25, -0.2) is 0 Å². The van der Waals surface area contributed by atoms with Crippen molar-refractivity contribution in [3.63, 3.8) is 0 Å². The first-order valence-electron chi connectivity index (χ1n) is 14.2. The molecule has 1 amide bonds. The molecule has 3 aromatic rings. The Kier molecular flexibility index (Phi) is 8.89. The lowest BCUT2D eigenvalue weighted by molar-refractivity contribution is -0.140. The third-order valence-corrected chi connectivity index (χ3v) is 7.55. The van der Waals surface area contributed by atoms with Crippen LogP contribution in [0, 0.1) is 0 Å². The van der Waals surface area contributed by atoms with Crippen LogP contribution in [0.5, 0.6) is 17.2 Å². The summed E-state index contributed by atoms with van der Waals surface area (Å²) in [5.41, 5.74) is 2.15. The fourth-order valence-corrected chi connectivity index (χ4v) is 5.32. The quantitative estimate of drug-likeness (QED) is 0.198. The zero-order chi connectivity index (χ0) is 28.8. The number of hydrogen-bond donors (Lipinski definition) is 1. The van der Waals surface area contributed by atoms with Crippen molar-refractivity contribution in [3.8, 4) is 17.2 Å². The van der Waals surface area contributed by atoms with E-state index in [0.29, 0.717) is 61.2 Å². The van der Waals surface area contributed by atoms with E-state index in [1.807, 2.05) is 54.6 Å². The number of fused-ring (bicyclic) bond motifs is 1. The maximum Gasteiger partial charge on any atom is 0.295 e. The lowest BCUT2D eigenvalue weighted by Gasteiger charge is -2.27. The molecule has 0 aromatic heterocycles. The molecule has 8 nitrogen and oxygen atoms in total. The summed E-state index contributed by atoms with van der Waals surface area (Å²) in [5, 5.41) is 11.5. The molecule has 0 bridgehead atoms. The van der Waals surface area contributed by atoms with Crippen molar-refractivity contribution in [2.75, 3.05) is 39.4 Å². The molecule has 1 saturated heterocycles. The molecule has 0 spiro atoms. The zero-order valence-electron chi connectivity index (χ0n) is 23.5. The van der Waals surface area contributed by atoms with Crippen molar-refractivity contribution in [1.82, 2.24) is 9.80 Å². The fourth-order valence-electron chi connectivity index (χ4n) is 5.32. The number of aliphatic hydroxyl groups excluding tert-OH is 1. The van der Waals surface area contributed by atoms with Crippen LogP contribution in [-0.4, -0.2) is 66.0 Å². The summed E-state index contributed by atoms with van der Waals surface area (Å²) in [6.45, 7) is 8.40. The van der Waals surface area contributed by atoms with Gasteiger partial charge in [-0.3, -0.25) is 9.59 Å². The van der Waals surface area contributed by atoms with Gasteiger partial charge in [0.25, 0.3) is 11.7 Å². The molecule has 1 atom stereocenters. The molecule has 8 heteroatoms. The van der Waals surface area contributed by atoms with Gasteiger partial charge >= 0.3 is 0 Å². The average Bonchev–Trinajstić information content (AvgIpc) is 3.27. The topological polar surface area (TPSA) is 88.5 Å². The maximum absolute atomic E-state index is 13.5. The Hall–Kier alpha value is -4.30. The number of carbonyl (C=O) groups excluding carboxylic acids is 2. The summed E-state index contributed by atoms with van der Waals surface area (Å²) < 4.78 is 17.4. The fraction of sp³-hybridized carbons (Fsp3) is 0.333. The van der Waals surface area contributed by atoms with Crippen molar-refractivity contribution in [3.05, 3.63) is 95.1 Å². The predicted octanol–water partition coefficient (Wildman–Crippen LogP) is 5.19. The van der Waals surface area contributed by atoms with Crippen LogP contribution in [0.1, 0.15) is 43.0 Å². The maximum atomic E-state index is 13.5. The first kappa shape index (κ1) is 28.2. The van der Waals surface area contributed by atoms with Crippen LogP contribution in [0.4, 0.5) is 0 Å². The van der Waals surface area contributed by atoms with Crippen LogP contribution in [0.2, 0.25) is 0 Å². The number of rotatable bonds is 11. The molecular weight excluding hydrogens is 520 g/mol. The highest BCUT2D eigenvalue weighted by Crippen LogP contribution is 2.42. The van der Waals surface area contributed by atoms with Gasteiger partial charge in [0.15, 0.2) is 11.5 Å². The minimum absolute atomic E-state index is 0.0507. The Balaban J connectivity index is 1.50. The first-order chi connectivity index (χ1) is 20.0. The number of nitrogens with zero attached hydrogens (tertiary/aromatic N) is 2. The molecule has 1 N–H and O–H groups in total. The van der Waals surface area contributed by atoms with Crippen LogP contribution >= 0.6 is 0 Å². The van der Waals surface area contributed by atoms with Gasteiger partial charge in [0, 0.05) is 12.1 Å². The molecule has 5 rings (SSSR count). The largest absolute Gasteiger partial charge is 0.507 e. The summed E-state index contributed by atoms with van der Waals surface area (Å²) in [7, 11) is 0. The number of amides is 1. The van der Waals surface area contributed by atoms with Crippen molar-refractivity contribution in [2.45, 2.75) is 32.9 Å². The van der Waals surface area contributed by atoms with Gasteiger partial charge < -0.3 is 29.1 Å². The predicted molar refractivity (Wildman–Crippen MR) is 156 cm³/mol. The van der Waals surface area contributed by atoms with Gasteiger partial charge in [-0.05, 0) is 67.5 Å². The first-order valence-corrected chi connectivity index (χ1v) is 14.2. The third kappa shape index (κ3) is 6.23. The average molecular weight is 557 g/mol. The van der Waals surface area contributed by atoms with Crippen LogP contribution in [0.25, 0.3) is 5.76 Å². The number of Topliss-reactive ketones (excluding diaryl/α,β-unsaturated/α-hetero) is 1. The van der Waals surface area contributed by atoms with Crippen LogP contribution in [0.15, 0.2) is 78.4 Å². The molecule has 2 heterocycles. The minimum atomic E-state index is -0.764. The van der Waals surface area contributed by atoms with E-state index >= 15 is 0 Å². The highest BCUT2D eigenvalue weighted by atomic mass is 16.6. The van der Waals surface area contributed by atoms with Gasteiger partial charge in [-0.15, -0.1) is 0 Å². The van der Waals surface area contributed by atoms with E-state index in [1.54, 1.807) is 23.1 Å². The van der Waals surface area contributed by atoms with E-state index in [2.05, 4.69) is 18.7 Å². The summed E-state index contributed by atoms with van der Waals surface area (Å²) in [6, 6.07) is 21.5. The minimum Gasteiger partial charge on any atom is -0.507 e. The molecule has 0 radical (unpaired) electrons. The normalized spacial score (nSPS) is 17.7. The van der Waals surface area contributed by atoms with Gasteiger partial charge in [-0.2, -0.15) is 0 Å². The molecule has 0 aliphatic carbocycles. The van der Waals surface area contributed by atoms with E-state index in [0.717, 1.165) is 25.2 Å². The molecule has 214 valence electrons. The SMILES string of the molecule is CCN(CC)CCCN1C(=O)C(=O)/C(=C(/O)c2ccc3c(c2)OCCO3)[C@@H]1c1cccc(OCc2ccccc2)c1. The highest BCUT2D eigenvalue weighted by Gasteiger charge is 2.46. The van der Waals surface area contributed by atoms with E-state index in [9.17, 15) is 14.7 Å². The molecule has 41 heavy (non-hydrogen) atoms. The molecule has 2 aliphatic rings. The lowest BCUT2D eigenvalue weighted by Crippen LogP contribution is -2.33. The summed E-state index contributed by atoms with van der Waals surface area (Å²) in [6.07, 6.45) is 0.694. The van der Waals surface area contributed by atoms with E-state index in [-0.39, 0.29) is 11.3 Å². The van der Waals surface area contributed by atoms with Crippen molar-refractivity contribution >= 4 is 17.4 Å². The number of hydrogen-bond acceptors (Lipinski definition) is 7.